The summed E-state index contributed by atoms with van der Waals surface area (Å²) < 4.78 is 5.20. The highest BCUT2D eigenvalue weighted by Crippen LogP contribution is 2.09. The van der Waals surface area contributed by atoms with E-state index in [4.69, 9.17) is 10.2 Å². The van der Waals surface area contributed by atoms with Crippen LogP contribution in [0.1, 0.15) is 36.0 Å². The second kappa shape index (κ2) is 4.02. The van der Waals surface area contributed by atoms with Gasteiger partial charge in [0, 0.05) is 12.1 Å². The maximum absolute atomic E-state index is 11.7. The van der Waals surface area contributed by atoms with Crippen molar-refractivity contribution in [3.05, 3.63) is 17.3 Å². The van der Waals surface area contributed by atoms with Crippen LogP contribution in [0, 0.1) is 13.8 Å². The van der Waals surface area contributed by atoms with Gasteiger partial charge >= 0.3 is 5.91 Å². The number of rotatable bonds is 3. The summed E-state index contributed by atoms with van der Waals surface area (Å²) in [5.41, 5.74) is 5.78. The molecule has 84 valence electrons. The van der Waals surface area contributed by atoms with Crippen LogP contribution in [-0.4, -0.2) is 23.0 Å². The van der Waals surface area contributed by atoms with Gasteiger partial charge in [-0.05, 0) is 27.7 Å². The first kappa shape index (κ1) is 11.7. The van der Waals surface area contributed by atoms with Crippen molar-refractivity contribution in [1.29, 1.82) is 0 Å². The summed E-state index contributed by atoms with van der Waals surface area (Å²) >= 11 is 0. The summed E-state index contributed by atoms with van der Waals surface area (Å²) in [5, 5.41) is 2.74. The first-order valence-electron chi connectivity index (χ1n) is 4.82. The van der Waals surface area contributed by atoms with E-state index in [2.05, 4.69) is 10.3 Å². The Morgan fingerprint density at radius 1 is 1.53 bits per heavy atom. The fourth-order valence-electron chi connectivity index (χ4n) is 0.982. The molecule has 1 aromatic rings. The van der Waals surface area contributed by atoms with Crippen LogP contribution in [0.15, 0.2) is 4.42 Å². The first-order valence-corrected chi connectivity index (χ1v) is 4.82. The molecule has 0 aromatic carbocycles. The molecule has 0 spiro atoms. The SMILES string of the molecule is Cc1nc(C(=O)NC(C)(C)CN)oc1C. The molecule has 3 N–H and O–H groups in total. The number of nitrogens with two attached hydrogens (primary N) is 1. The third-order valence-corrected chi connectivity index (χ3v) is 2.18. The molecule has 0 fully saturated rings. The van der Waals surface area contributed by atoms with Crippen molar-refractivity contribution in [2.45, 2.75) is 33.2 Å². The van der Waals surface area contributed by atoms with E-state index in [0.29, 0.717) is 12.3 Å². The molecule has 5 heteroatoms. The van der Waals surface area contributed by atoms with E-state index in [0.717, 1.165) is 5.69 Å². The molecule has 1 heterocycles. The second-order valence-electron chi connectivity index (χ2n) is 4.20. The van der Waals surface area contributed by atoms with Crippen molar-refractivity contribution >= 4 is 5.91 Å². The molecule has 1 amide bonds. The fraction of sp³-hybridized carbons (Fsp3) is 0.600. The normalized spacial score (nSPS) is 11.5. The molecular formula is C10H17N3O2. The van der Waals surface area contributed by atoms with Gasteiger partial charge in [-0.25, -0.2) is 4.98 Å². The molecule has 0 radical (unpaired) electrons. The summed E-state index contributed by atoms with van der Waals surface area (Å²) in [7, 11) is 0. The molecule has 15 heavy (non-hydrogen) atoms. The third-order valence-electron chi connectivity index (χ3n) is 2.18. The number of carbonyl (C=O) groups excluding carboxylic acids is 1. The molecule has 0 aliphatic carbocycles. The van der Waals surface area contributed by atoms with Crippen molar-refractivity contribution in [2.24, 2.45) is 5.73 Å². The van der Waals surface area contributed by atoms with Crippen LogP contribution in [0.5, 0.6) is 0 Å². The molecule has 0 saturated heterocycles. The Labute approximate surface area is 89.1 Å². The van der Waals surface area contributed by atoms with Crippen LogP contribution in [-0.2, 0) is 0 Å². The average Bonchev–Trinajstić information content (AvgIpc) is 2.47. The van der Waals surface area contributed by atoms with Crippen molar-refractivity contribution in [3.63, 3.8) is 0 Å². The number of carbonyl (C=O) groups is 1. The van der Waals surface area contributed by atoms with Crippen molar-refractivity contribution in [1.82, 2.24) is 10.3 Å². The molecule has 0 aliphatic heterocycles. The third kappa shape index (κ3) is 2.79. The van der Waals surface area contributed by atoms with Crippen LogP contribution in [0.3, 0.4) is 0 Å². The van der Waals surface area contributed by atoms with Gasteiger partial charge in [0.1, 0.15) is 5.76 Å². The first-order chi connectivity index (χ1) is 6.85. The Hall–Kier alpha value is -1.36. The molecule has 1 rings (SSSR count). The standard InChI is InChI=1S/C10H17N3O2/c1-6-7(2)15-9(12-6)8(14)13-10(3,4)5-11/h5,11H2,1-4H3,(H,13,14). The van der Waals surface area contributed by atoms with E-state index in [9.17, 15) is 4.79 Å². The summed E-state index contributed by atoms with van der Waals surface area (Å²) in [6.45, 7) is 7.61. The number of oxazole rings is 1. The number of aromatic nitrogens is 1. The average molecular weight is 211 g/mol. The zero-order chi connectivity index (χ0) is 11.6. The highest BCUT2D eigenvalue weighted by Gasteiger charge is 2.22. The molecule has 1 aromatic heterocycles. The van der Waals surface area contributed by atoms with E-state index < -0.39 is 5.54 Å². The van der Waals surface area contributed by atoms with E-state index in [1.54, 1.807) is 13.8 Å². The molecular weight excluding hydrogens is 194 g/mol. The van der Waals surface area contributed by atoms with Crippen molar-refractivity contribution in [2.75, 3.05) is 6.54 Å². The van der Waals surface area contributed by atoms with Crippen molar-refractivity contribution in [3.8, 4) is 0 Å². The lowest BCUT2D eigenvalue weighted by Gasteiger charge is -2.22. The van der Waals surface area contributed by atoms with E-state index in [1.807, 2.05) is 13.8 Å². The van der Waals surface area contributed by atoms with Gasteiger partial charge in [0.2, 0.25) is 0 Å². The van der Waals surface area contributed by atoms with Gasteiger partial charge in [-0.15, -0.1) is 0 Å². The van der Waals surface area contributed by atoms with Gasteiger partial charge in [-0.3, -0.25) is 4.79 Å². The molecule has 0 bridgehead atoms. The number of hydrogen-bond acceptors (Lipinski definition) is 4. The minimum atomic E-state index is -0.451. The van der Waals surface area contributed by atoms with E-state index in [1.165, 1.54) is 0 Å². The minimum Gasteiger partial charge on any atom is -0.438 e. The van der Waals surface area contributed by atoms with Gasteiger partial charge in [0.05, 0.1) is 5.69 Å². The second-order valence-corrected chi connectivity index (χ2v) is 4.20. The number of amides is 1. The smallest absolute Gasteiger partial charge is 0.307 e. The predicted octanol–water partition coefficient (Wildman–Crippen LogP) is 0.759. The van der Waals surface area contributed by atoms with Crippen LogP contribution < -0.4 is 11.1 Å². The molecule has 0 unspecified atom stereocenters. The van der Waals surface area contributed by atoms with Gasteiger partial charge in [0.25, 0.3) is 5.89 Å². The van der Waals surface area contributed by atoms with Gasteiger partial charge < -0.3 is 15.5 Å². The van der Waals surface area contributed by atoms with Gasteiger partial charge in [-0.1, -0.05) is 0 Å². The quantitative estimate of drug-likeness (QED) is 0.773. The Morgan fingerprint density at radius 2 is 2.13 bits per heavy atom. The molecule has 0 aliphatic rings. The maximum atomic E-state index is 11.7. The van der Waals surface area contributed by atoms with E-state index in [-0.39, 0.29) is 11.8 Å². The summed E-state index contributed by atoms with van der Waals surface area (Å²) in [6.07, 6.45) is 0. The summed E-state index contributed by atoms with van der Waals surface area (Å²) in [4.78, 5) is 15.7. The lowest BCUT2D eigenvalue weighted by molar-refractivity contribution is 0.0878. The fourth-order valence-corrected chi connectivity index (χ4v) is 0.982. The lowest BCUT2D eigenvalue weighted by Crippen LogP contribution is -2.48. The number of aryl methyl sites for hydroxylation is 2. The van der Waals surface area contributed by atoms with Crippen LogP contribution in [0.2, 0.25) is 0 Å². The Bertz CT molecular complexity index is 349. The Morgan fingerprint density at radius 3 is 2.53 bits per heavy atom. The predicted molar refractivity (Wildman–Crippen MR) is 56.6 cm³/mol. The summed E-state index contributed by atoms with van der Waals surface area (Å²) in [5.74, 6) is 0.416. The number of nitrogens with zero attached hydrogens (tertiary/aromatic N) is 1. The highest BCUT2D eigenvalue weighted by molar-refractivity contribution is 5.90. The van der Waals surface area contributed by atoms with Crippen LogP contribution in [0.25, 0.3) is 0 Å². The van der Waals surface area contributed by atoms with E-state index >= 15 is 0 Å². The topological polar surface area (TPSA) is 81.2 Å². The molecule has 0 atom stereocenters. The monoisotopic (exact) mass is 211 g/mol. The van der Waals surface area contributed by atoms with Gasteiger partial charge in [0.15, 0.2) is 0 Å². The molecule has 0 saturated carbocycles. The lowest BCUT2D eigenvalue weighted by atomic mass is 10.1. The Balaban J connectivity index is 2.78. The largest absolute Gasteiger partial charge is 0.438 e. The summed E-state index contributed by atoms with van der Waals surface area (Å²) in [6, 6.07) is 0. The van der Waals surface area contributed by atoms with Crippen molar-refractivity contribution < 1.29 is 9.21 Å². The molecule has 5 nitrogen and oxygen atoms in total. The Kier molecular flexibility index (Phi) is 3.14. The van der Waals surface area contributed by atoms with Crippen LogP contribution in [0.4, 0.5) is 0 Å². The zero-order valence-corrected chi connectivity index (χ0v) is 9.55. The highest BCUT2D eigenvalue weighted by atomic mass is 16.4. The minimum absolute atomic E-state index is 0.0894. The maximum Gasteiger partial charge on any atom is 0.307 e. The zero-order valence-electron chi connectivity index (χ0n) is 9.55. The van der Waals surface area contributed by atoms with Gasteiger partial charge in [-0.2, -0.15) is 0 Å². The van der Waals surface area contributed by atoms with Crippen LogP contribution >= 0.6 is 0 Å². The number of nitrogens with one attached hydrogen (secondary N) is 1. The number of hydrogen-bond donors (Lipinski definition) is 2.